The smallest absolute Gasteiger partial charge is 0.323 e. The maximum absolute atomic E-state index is 12.5. The highest BCUT2D eigenvalue weighted by atomic mass is 16.4. The highest BCUT2D eigenvalue weighted by Crippen LogP contribution is 2.49. The molecule has 4 rings (SSSR count). The van der Waals surface area contributed by atoms with Crippen molar-refractivity contribution in [3.63, 3.8) is 0 Å². The molecule has 7 nitrogen and oxygen atoms in total. The van der Waals surface area contributed by atoms with Gasteiger partial charge in [0.15, 0.2) is 0 Å². The van der Waals surface area contributed by atoms with Gasteiger partial charge in [0.1, 0.15) is 5.82 Å². The standard InChI is InChI=1S/C16H22N4O3/c1-19-13(7-12(18-19)10-4-5-10)17-15(23)20-8-11-3-2-6-16(11,9-20)14(21)22/h7,10-11H,2-6,8-9H2,1H3,(H,17,23)(H,21,22)/t11-,16+/m0/s1. The van der Waals surface area contributed by atoms with Gasteiger partial charge in [-0.1, -0.05) is 6.42 Å². The molecule has 3 aliphatic rings. The lowest BCUT2D eigenvalue weighted by Crippen LogP contribution is -2.39. The first kappa shape index (κ1) is 14.5. The number of urea groups is 1. The molecule has 2 heterocycles. The fourth-order valence-corrected chi connectivity index (χ4v) is 4.17. The second-order valence-corrected chi connectivity index (χ2v) is 7.21. The van der Waals surface area contributed by atoms with E-state index in [0.717, 1.165) is 18.5 Å². The van der Waals surface area contributed by atoms with Gasteiger partial charge in [0.05, 0.1) is 11.1 Å². The number of carboxylic acid groups (broad SMARTS) is 1. The maximum Gasteiger partial charge on any atom is 0.323 e. The third-order valence-electron chi connectivity index (χ3n) is 5.71. The van der Waals surface area contributed by atoms with Gasteiger partial charge in [-0.15, -0.1) is 0 Å². The zero-order valence-electron chi connectivity index (χ0n) is 13.3. The van der Waals surface area contributed by atoms with Crippen molar-refractivity contribution in [1.82, 2.24) is 14.7 Å². The molecule has 1 aromatic heterocycles. The quantitative estimate of drug-likeness (QED) is 0.892. The largest absolute Gasteiger partial charge is 0.481 e. The number of carboxylic acids is 1. The van der Waals surface area contributed by atoms with E-state index in [4.69, 9.17) is 0 Å². The number of carbonyl (C=O) groups is 2. The number of rotatable bonds is 3. The first-order valence-electron chi connectivity index (χ1n) is 8.33. The number of aliphatic carboxylic acids is 1. The Morgan fingerprint density at radius 3 is 2.83 bits per heavy atom. The Bertz CT molecular complexity index is 666. The van der Waals surface area contributed by atoms with Crippen molar-refractivity contribution < 1.29 is 14.7 Å². The number of aryl methyl sites for hydroxylation is 1. The molecule has 2 aliphatic carbocycles. The lowest BCUT2D eigenvalue weighted by molar-refractivity contribution is -0.149. The van der Waals surface area contributed by atoms with E-state index in [-0.39, 0.29) is 11.9 Å². The van der Waals surface area contributed by atoms with Crippen LogP contribution in [0, 0.1) is 11.3 Å². The molecule has 0 aromatic carbocycles. The van der Waals surface area contributed by atoms with Crippen molar-refractivity contribution in [2.75, 3.05) is 18.4 Å². The molecule has 23 heavy (non-hydrogen) atoms. The van der Waals surface area contributed by atoms with Crippen LogP contribution in [0.25, 0.3) is 0 Å². The second kappa shape index (κ2) is 4.97. The molecule has 0 unspecified atom stereocenters. The number of aromatic nitrogens is 2. The maximum atomic E-state index is 12.5. The molecular weight excluding hydrogens is 296 g/mol. The van der Waals surface area contributed by atoms with Crippen molar-refractivity contribution in [3.8, 4) is 0 Å². The summed E-state index contributed by atoms with van der Waals surface area (Å²) in [7, 11) is 1.82. The Morgan fingerprint density at radius 1 is 1.39 bits per heavy atom. The molecule has 0 bridgehead atoms. The van der Waals surface area contributed by atoms with Crippen molar-refractivity contribution in [1.29, 1.82) is 0 Å². The van der Waals surface area contributed by atoms with E-state index < -0.39 is 11.4 Å². The highest BCUT2D eigenvalue weighted by Gasteiger charge is 2.55. The van der Waals surface area contributed by atoms with Gasteiger partial charge in [-0.05, 0) is 31.6 Å². The number of carbonyl (C=O) groups excluding carboxylic acids is 1. The Morgan fingerprint density at radius 2 is 2.17 bits per heavy atom. The van der Waals surface area contributed by atoms with Gasteiger partial charge in [-0.25, -0.2) is 4.79 Å². The van der Waals surface area contributed by atoms with E-state index in [1.54, 1.807) is 9.58 Å². The van der Waals surface area contributed by atoms with Gasteiger partial charge >= 0.3 is 12.0 Å². The number of fused-ring (bicyclic) bond motifs is 1. The van der Waals surface area contributed by atoms with Crippen LogP contribution >= 0.6 is 0 Å². The van der Waals surface area contributed by atoms with Crippen LogP contribution in [0.5, 0.6) is 0 Å². The van der Waals surface area contributed by atoms with Crippen LogP contribution < -0.4 is 5.32 Å². The van der Waals surface area contributed by atoms with E-state index in [9.17, 15) is 14.7 Å². The second-order valence-electron chi connectivity index (χ2n) is 7.21. The normalized spacial score (nSPS) is 29.6. The Balaban J connectivity index is 1.47. The molecule has 0 radical (unpaired) electrons. The monoisotopic (exact) mass is 318 g/mol. The van der Waals surface area contributed by atoms with Gasteiger partial charge in [0.25, 0.3) is 0 Å². The summed E-state index contributed by atoms with van der Waals surface area (Å²) in [5.41, 5.74) is 0.297. The zero-order chi connectivity index (χ0) is 16.2. The summed E-state index contributed by atoms with van der Waals surface area (Å²) >= 11 is 0. The number of hydrogen-bond donors (Lipinski definition) is 2. The Kier molecular flexibility index (Phi) is 3.14. The van der Waals surface area contributed by atoms with Gasteiger partial charge in [-0.2, -0.15) is 5.10 Å². The van der Waals surface area contributed by atoms with Crippen LogP contribution in [-0.4, -0.2) is 44.9 Å². The lowest BCUT2D eigenvalue weighted by atomic mass is 9.81. The molecule has 1 saturated heterocycles. The molecule has 2 atom stereocenters. The molecule has 124 valence electrons. The molecule has 7 heteroatoms. The molecule has 1 aliphatic heterocycles. The summed E-state index contributed by atoms with van der Waals surface area (Å²) in [5.74, 6) is 0.540. The minimum atomic E-state index is -0.758. The molecule has 2 N–H and O–H groups in total. The third-order valence-corrected chi connectivity index (χ3v) is 5.71. The SMILES string of the molecule is Cn1nc(C2CC2)cc1NC(=O)N1C[C@@H]2CCC[C@@]2(C(=O)O)C1. The first-order chi connectivity index (χ1) is 11.0. The molecular formula is C16H22N4O3. The molecule has 3 fully saturated rings. The summed E-state index contributed by atoms with van der Waals surface area (Å²) < 4.78 is 1.69. The number of hydrogen-bond acceptors (Lipinski definition) is 3. The predicted molar refractivity (Wildman–Crippen MR) is 83.2 cm³/mol. The van der Waals surface area contributed by atoms with Crippen molar-refractivity contribution >= 4 is 17.8 Å². The van der Waals surface area contributed by atoms with E-state index in [0.29, 0.717) is 31.2 Å². The number of nitrogens with one attached hydrogen (secondary N) is 1. The van der Waals surface area contributed by atoms with E-state index in [2.05, 4.69) is 10.4 Å². The third kappa shape index (κ3) is 2.29. The summed E-state index contributed by atoms with van der Waals surface area (Å²) in [6.45, 7) is 0.845. The van der Waals surface area contributed by atoms with Gasteiger partial charge < -0.3 is 10.0 Å². The summed E-state index contributed by atoms with van der Waals surface area (Å²) in [6.07, 6.45) is 4.85. The average molecular weight is 318 g/mol. The van der Waals surface area contributed by atoms with Crippen molar-refractivity contribution in [2.45, 2.75) is 38.0 Å². The van der Waals surface area contributed by atoms with Gasteiger partial charge in [0.2, 0.25) is 0 Å². The molecule has 0 spiro atoms. The summed E-state index contributed by atoms with van der Waals surface area (Å²) in [5, 5.41) is 16.9. The van der Waals surface area contributed by atoms with Crippen molar-refractivity contribution in [2.24, 2.45) is 18.4 Å². The van der Waals surface area contributed by atoms with E-state index >= 15 is 0 Å². The van der Waals surface area contributed by atoms with Crippen LogP contribution in [-0.2, 0) is 11.8 Å². The van der Waals surface area contributed by atoms with Gasteiger partial charge in [0, 0.05) is 32.1 Å². The number of nitrogens with zero attached hydrogens (tertiary/aromatic N) is 3. The Hall–Kier alpha value is -2.05. The van der Waals surface area contributed by atoms with Gasteiger partial charge in [-0.3, -0.25) is 14.8 Å². The molecule has 2 amide bonds. The van der Waals surface area contributed by atoms with Crippen LogP contribution in [0.15, 0.2) is 6.07 Å². The highest BCUT2D eigenvalue weighted by molar-refractivity contribution is 5.90. The van der Waals surface area contributed by atoms with Crippen LogP contribution in [0.1, 0.15) is 43.7 Å². The fraction of sp³-hybridized carbons (Fsp3) is 0.688. The average Bonchev–Trinajstić information content (AvgIpc) is 3.00. The Labute approximate surface area is 134 Å². The lowest BCUT2D eigenvalue weighted by Gasteiger charge is -2.23. The molecule has 2 saturated carbocycles. The van der Waals surface area contributed by atoms with Crippen molar-refractivity contribution in [3.05, 3.63) is 11.8 Å². The van der Waals surface area contributed by atoms with E-state index in [1.165, 1.54) is 12.8 Å². The number of amides is 2. The first-order valence-corrected chi connectivity index (χ1v) is 8.33. The summed E-state index contributed by atoms with van der Waals surface area (Å²) in [4.78, 5) is 25.9. The van der Waals surface area contributed by atoms with Crippen LogP contribution in [0.2, 0.25) is 0 Å². The number of anilines is 1. The predicted octanol–water partition coefficient (Wildman–Crippen LogP) is 2.02. The minimum Gasteiger partial charge on any atom is -0.481 e. The zero-order valence-corrected chi connectivity index (χ0v) is 13.3. The molecule has 1 aromatic rings. The topological polar surface area (TPSA) is 87.5 Å². The van der Waals surface area contributed by atoms with Crippen LogP contribution in [0.3, 0.4) is 0 Å². The van der Waals surface area contributed by atoms with E-state index in [1.807, 2.05) is 13.1 Å². The van der Waals surface area contributed by atoms with Crippen LogP contribution in [0.4, 0.5) is 10.6 Å². The summed E-state index contributed by atoms with van der Waals surface area (Å²) in [6, 6.07) is 1.71. The number of likely N-dealkylation sites (tertiary alicyclic amines) is 1. The minimum absolute atomic E-state index is 0.0827. The fourth-order valence-electron chi connectivity index (χ4n) is 4.17.